The number of benzene rings is 1. The molecule has 3 rings (SSSR count). The number of nitrogens with zero attached hydrogens (tertiary/aromatic N) is 5. The molecular formula is C16H11N5O2. The minimum absolute atomic E-state index is 0.298. The van der Waals surface area contributed by atoms with Crippen LogP contribution in [-0.4, -0.2) is 31.1 Å². The molecule has 0 atom stereocenters. The first-order valence-electron chi connectivity index (χ1n) is 6.75. The van der Waals surface area contributed by atoms with Gasteiger partial charge in [-0.2, -0.15) is 5.26 Å². The highest BCUT2D eigenvalue weighted by Crippen LogP contribution is 2.30. The standard InChI is InChI=1S/C16H11N5O2/c17-9-11-1-3-13(4-2-11)16-15(12-5-7-18-8-6-12)19-20-21(16)10-14(22)23/h1-8H,10H2,(H,22,23). The molecule has 0 saturated carbocycles. The Morgan fingerprint density at radius 2 is 1.83 bits per heavy atom. The van der Waals surface area contributed by atoms with E-state index in [2.05, 4.69) is 21.4 Å². The highest BCUT2D eigenvalue weighted by Gasteiger charge is 2.18. The van der Waals surface area contributed by atoms with Gasteiger partial charge >= 0.3 is 5.97 Å². The van der Waals surface area contributed by atoms with Crippen LogP contribution in [-0.2, 0) is 11.3 Å². The molecule has 0 unspecified atom stereocenters. The van der Waals surface area contributed by atoms with E-state index in [4.69, 9.17) is 10.4 Å². The number of carboxylic acid groups (broad SMARTS) is 1. The molecule has 23 heavy (non-hydrogen) atoms. The van der Waals surface area contributed by atoms with E-state index >= 15 is 0 Å². The zero-order valence-corrected chi connectivity index (χ0v) is 11.9. The third kappa shape index (κ3) is 2.91. The molecule has 0 aliphatic carbocycles. The molecule has 0 saturated heterocycles. The summed E-state index contributed by atoms with van der Waals surface area (Å²) in [5.41, 5.74) is 3.20. The molecule has 1 N–H and O–H groups in total. The largest absolute Gasteiger partial charge is 0.480 e. The van der Waals surface area contributed by atoms with Crippen LogP contribution >= 0.6 is 0 Å². The van der Waals surface area contributed by atoms with Crippen molar-refractivity contribution in [3.63, 3.8) is 0 Å². The molecule has 0 aliphatic rings. The number of carboxylic acids is 1. The van der Waals surface area contributed by atoms with E-state index in [-0.39, 0.29) is 6.54 Å². The Hall–Kier alpha value is -3.53. The van der Waals surface area contributed by atoms with Crippen LogP contribution in [0.3, 0.4) is 0 Å². The Balaban J connectivity index is 2.16. The lowest BCUT2D eigenvalue weighted by Gasteiger charge is -2.07. The molecule has 2 heterocycles. The Labute approximate surface area is 131 Å². The van der Waals surface area contributed by atoms with E-state index in [0.29, 0.717) is 17.0 Å². The van der Waals surface area contributed by atoms with Gasteiger partial charge < -0.3 is 5.11 Å². The van der Waals surface area contributed by atoms with Gasteiger partial charge in [0.2, 0.25) is 0 Å². The molecule has 0 amide bonds. The zero-order valence-electron chi connectivity index (χ0n) is 11.9. The van der Waals surface area contributed by atoms with Crippen molar-refractivity contribution < 1.29 is 9.90 Å². The van der Waals surface area contributed by atoms with Gasteiger partial charge in [0.05, 0.1) is 17.3 Å². The highest BCUT2D eigenvalue weighted by atomic mass is 16.4. The lowest BCUT2D eigenvalue weighted by Crippen LogP contribution is -2.11. The van der Waals surface area contributed by atoms with E-state index in [1.807, 2.05) is 0 Å². The third-order valence-electron chi connectivity index (χ3n) is 3.26. The molecule has 3 aromatic rings. The summed E-state index contributed by atoms with van der Waals surface area (Å²) in [6.07, 6.45) is 3.27. The maximum absolute atomic E-state index is 11.1. The molecular weight excluding hydrogens is 294 g/mol. The van der Waals surface area contributed by atoms with Crippen molar-refractivity contribution in [2.24, 2.45) is 0 Å². The van der Waals surface area contributed by atoms with Crippen LogP contribution in [0.4, 0.5) is 0 Å². The second-order valence-electron chi connectivity index (χ2n) is 4.76. The summed E-state index contributed by atoms with van der Waals surface area (Å²) < 4.78 is 1.33. The number of nitriles is 1. The first-order chi connectivity index (χ1) is 11.2. The summed E-state index contributed by atoms with van der Waals surface area (Å²) >= 11 is 0. The minimum atomic E-state index is -1.01. The van der Waals surface area contributed by atoms with Crippen molar-refractivity contribution >= 4 is 5.97 Å². The third-order valence-corrected chi connectivity index (χ3v) is 3.26. The molecule has 0 fully saturated rings. The molecule has 0 aliphatic heterocycles. The maximum Gasteiger partial charge on any atom is 0.325 e. The molecule has 1 aromatic carbocycles. The Kier molecular flexibility index (Phi) is 3.80. The number of rotatable bonds is 4. The number of hydrogen-bond donors (Lipinski definition) is 1. The molecule has 0 bridgehead atoms. The average Bonchev–Trinajstić information content (AvgIpc) is 2.98. The van der Waals surface area contributed by atoms with Crippen molar-refractivity contribution in [2.45, 2.75) is 6.54 Å². The summed E-state index contributed by atoms with van der Waals surface area (Å²) in [5, 5.41) is 26.0. The normalized spacial score (nSPS) is 10.2. The Morgan fingerprint density at radius 1 is 1.13 bits per heavy atom. The summed E-state index contributed by atoms with van der Waals surface area (Å²) in [6.45, 7) is -0.298. The van der Waals surface area contributed by atoms with Crippen molar-refractivity contribution in [1.82, 2.24) is 20.0 Å². The van der Waals surface area contributed by atoms with Gasteiger partial charge in [-0.1, -0.05) is 17.3 Å². The van der Waals surface area contributed by atoms with Crippen molar-refractivity contribution in [2.75, 3.05) is 0 Å². The lowest BCUT2D eigenvalue weighted by molar-refractivity contribution is -0.137. The van der Waals surface area contributed by atoms with Gasteiger partial charge in [-0.25, -0.2) is 4.68 Å². The molecule has 0 radical (unpaired) electrons. The number of pyridine rings is 1. The van der Waals surface area contributed by atoms with Crippen molar-refractivity contribution in [1.29, 1.82) is 5.26 Å². The van der Waals surface area contributed by atoms with Gasteiger partial charge in [0.15, 0.2) is 0 Å². The van der Waals surface area contributed by atoms with Crippen LogP contribution in [0.1, 0.15) is 5.56 Å². The fourth-order valence-corrected chi connectivity index (χ4v) is 2.24. The number of carbonyl (C=O) groups is 1. The van der Waals surface area contributed by atoms with E-state index in [1.54, 1.807) is 48.8 Å². The van der Waals surface area contributed by atoms with E-state index in [0.717, 1.165) is 11.1 Å². The van der Waals surface area contributed by atoms with Gasteiger partial charge in [0.25, 0.3) is 0 Å². The smallest absolute Gasteiger partial charge is 0.325 e. The van der Waals surface area contributed by atoms with Crippen molar-refractivity contribution in [3.05, 3.63) is 54.4 Å². The number of hydrogen-bond acceptors (Lipinski definition) is 5. The zero-order chi connectivity index (χ0) is 16.2. The summed E-state index contributed by atoms with van der Waals surface area (Å²) in [7, 11) is 0. The fourth-order valence-electron chi connectivity index (χ4n) is 2.24. The van der Waals surface area contributed by atoms with E-state index in [1.165, 1.54) is 4.68 Å². The number of aromatic nitrogens is 4. The van der Waals surface area contributed by atoms with Gasteiger partial charge in [-0.3, -0.25) is 9.78 Å². The topological polar surface area (TPSA) is 105 Å². The number of aliphatic carboxylic acids is 1. The lowest BCUT2D eigenvalue weighted by atomic mass is 10.0. The molecule has 0 spiro atoms. The molecule has 7 heteroatoms. The molecule has 7 nitrogen and oxygen atoms in total. The Bertz CT molecular complexity index is 879. The highest BCUT2D eigenvalue weighted by molar-refractivity contribution is 5.79. The predicted molar refractivity (Wildman–Crippen MR) is 81.0 cm³/mol. The summed E-state index contributed by atoms with van der Waals surface area (Å²) in [6, 6.07) is 12.5. The fraction of sp³-hybridized carbons (Fsp3) is 0.0625. The quantitative estimate of drug-likeness (QED) is 0.790. The first-order valence-corrected chi connectivity index (χ1v) is 6.75. The van der Waals surface area contributed by atoms with Crippen LogP contribution in [0.5, 0.6) is 0 Å². The van der Waals surface area contributed by atoms with Crippen LogP contribution in [0.25, 0.3) is 22.5 Å². The minimum Gasteiger partial charge on any atom is -0.480 e. The van der Waals surface area contributed by atoms with E-state index in [9.17, 15) is 4.79 Å². The van der Waals surface area contributed by atoms with Gasteiger partial charge in [-0.15, -0.1) is 5.10 Å². The maximum atomic E-state index is 11.1. The predicted octanol–water partition coefficient (Wildman–Crippen LogP) is 1.96. The molecule has 112 valence electrons. The monoisotopic (exact) mass is 305 g/mol. The van der Waals surface area contributed by atoms with E-state index < -0.39 is 5.97 Å². The van der Waals surface area contributed by atoms with Gasteiger partial charge in [0.1, 0.15) is 12.2 Å². The molecule has 2 aromatic heterocycles. The van der Waals surface area contributed by atoms with Gasteiger partial charge in [-0.05, 0) is 24.3 Å². The van der Waals surface area contributed by atoms with Crippen molar-refractivity contribution in [3.8, 4) is 28.6 Å². The summed E-state index contributed by atoms with van der Waals surface area (Å²) in [4.78, 5) is 15.0. The van der Waals surface area contributed by atoms with Crippen LogP contribution < -0.4 is 0 Å². The van der Waals surface area contributed by atoms with Crippen LogP contribution in [0.15, 0.2) is 48.8 Å². The first kappa shape index (κ1) is 14.4. The average molecular weight is 305 g/mol. The van der Waals surface area contributed by atoms with Gasteiger partial charge in [0, 0.05) is 23.5 Å². The SMILES string of the molecule is N#Cc1ccc(-c2c(-c3ccncc3)nnn2CC(=O)O)cc1. The second kappa shape index (κ2) is 6.07. The second-order valence-corrected chi connectivity index (χ2v) is 4.76. The Morgan fingerprint density at radius 3 is 2.43 bits per heavy atom. The van der Waals surface area contributed by atoms with Crippen LogP contribution in [0.2, 0.25) is 0 Å². The van der Waals surface area contributed by atoms with Crippen LogP contribution in [0, 0.1) is 11.3 Å². The summed E-state index contributed by atoms with van der Waals surface area (Å²) in [5.74, 6) is -1.01.